The predicted molar refractivity (Wildman–Crippen MR) is 80.8 cm³/mol. The first-order chi connectivity index (χ1) is 10.1. The monoisotopic (exact) mass is 304 g/mol. The van der Waals surface area contributed by atoms with Crippen LogP contribution >= 0.6 is 11.8 Å². The number of nitrogen functional groups attached to an aromatic ring is 1. The molecule has 0 aliphatic carbocycles. The van der Waals surface area contributed by atoms with Crippen LogP contribution in [0.5, 0.6) is 0 Å². The summed E-state index contributed by atoms with van der Waals surface area (Å²) >= 11 is 1.14. The van der Waals surface area contributed by atoms with Gasteiger partial charge in [-0.1, -0.05) is 13.8 Å². The van der Waals surface area contributed by atoms with Crippen molar-refractivity contribution in [2.45, 2.75) is 36.9 Å². The van der Waals surface area contributed by atoms with Crippen LogP contribution in [-0.2, 0) is 12.8 Å². The molecule has 2 rings (SSSR count). The molecule has 2 aromatic rings. The molecule has 8 heteroatoms. The summed E-state index contributed by atoms with van der Waals surface area (Å²) in [4.78, 5) is 18.0. The molecule has 4 N–H and O–H groups in total. The van der Waals surface area contributed by atoms with Gasteiger partial charge in [-0.05, 0) is 30.2 Å². The van der Waals surface area contributed by atoms with Crippen LogP contribution in [0.4, 0.5) is 0 Å². The number of H-pyrrole nitrogens is 1. The molecular formula is C13H16N6OS. The van der Waals surface area contributed by atoms with Gasteiger partial charge in [0, 0.05) is 12.3 Å². The molecule has 0 amide bonds. The van der Waals surface area contributed by atoms with Gasteiger partial charge in [0.25, 0.3) is 5.56 Å². The van der Waals surface area contributed by atoms with Gasteiger partial charge in [-0.25, -0.2) is 4.98 Å². The number of rotatable bonds is 5. The first-order valence-corrected chi connectivity index (χ1v) is 7.34. The molecule has 0 saturated carbocycles. The predicted octanol–water partition coefficient (Wildman–Crippen LogP) is 1.12. The van der Waals surface area contributed by atoms with Crippen LogP contribution in [-0.4, -0.2) is 26.0 Å². The van der Waals surface area contributed by atoms with Gasteiger partial charge >= 0.3 is 0 Å². The lowest BCUT2D eigenvalue weighted by Crippen LogP contribution is -2.19. The van der Waals surface area contributed by atoms with E-state index in [0.29, 0.717) is 22.2 Å². The van der Waals surface area contributed by atoms with Gasteiger partial charge in [0.1, 0.15) is 10.9 Å². The van der Waals surface area contributed by atoms with Crippen molar-refractivity contribution in [1.82, 2.24) is 20.2 Å². The van der Waals surface area contributed by atoms with Crippen molar-refractivity contribution in [2.24, 2.45) is 5.73 Å². The molecule has 0 bridgehead atoms. The third-order valence-corrected chi connectivity index (χ3v) is 3.80. The normalized spacial score (nSPS) is 10.6. The molecule has 0 fully saturated rings. The number of hydrogen-bond acceptors (Lipinski definition) is 6. The second-order valence-electron chi connectivity index (χ2n) is 4.27. The molecule has 110 valence electrons. The average Bonchev–Trinajstić information content (AvgIpc) is 2.46. The van der Waals surface area contributed by atoms with Gasteiger partial charge in [0.2, 0.25) is 0 Å². The number of aromatic nitrogens is 4. The van der Waals surface area contributed by atoms with Crippen LogP contribution in [0, 0.1) is 5.41 Å². The zero-order valence-corrected chi connectivity index (χ0v) is 12.6. The Morgan fingerprint density at radius 3 is 2.71 bits per heavy atom. The minimum atomic E-state index is -0.245. The van der Waals surface area contributed by atoms with E-state index in [2.05, 4.69) is 20.2 Å². The Labute approximate surface area is 125 Å². The molecule has 0 unspecified atom stereocenters. The summed E-state index contributed by atoms with van der Waals surface area (Å²) < 4.78 is 0. The van der Waals surface area contributed by atoms with E-state index in [1.165, 1.54) is 12.3 Å². The zero-order valence-electron chi connectivity index (χ0n) is 11.8. The fourth-order valence-electron chi connectivity index (χ4n) is 2.00. The number of hydrogen-bond donors (Lipinski definition) is 3. The molecular weight excluding hydrogens is 288 g/mol. The summed E-state index contributed by atoms with van der Waals surface area (Å²) in [5.74, 6) is -0.0581. The van der Waals surface area contributed by atoms with Crippen molar-refractivity contribution < 1.29 is 0 Å². The lowest BCUT2D eigenvalue weighted by atomic mass is 10.0. The molecule has 21 heavy (non-hydrogen) atoms. The molecule has 0 aliphatic heterocycles. The highest BCUT2D eigenvalue weighted by atomic mass is 32.2. The van der Waals surface area contributed by atoms with Crippen molar-refractivity contribution in [2.75, 3.05) is 0 Å². The summed E-state index contributed by atoms with van der Waals surface area (Å²) in [7, 11) is 0. The van der Waals surface area contributed by atoms with Crippen molar-refractivity contribution in [3.05, 3.63) is 39.4 Å². The number of nitrogens with one attached hydrogen (secondary N) is 2. The molecule has 0 aromatic carbocycles. The number of amidine groups is 1. The van der Waals surface area contributed by atoms with Crippen molar-refractivity contribution >= 4 is 17.6 Å². The van der Waals surface area contributed by atoms with Gasteiger partial charge in [-0.3, -0.25) is 10.2 Å². The molecule has 0 atom stereocenters. The number of nitrogens with zero attached hydrogens (tertiary/aromatic N) is 3. The molecule has 0 spiro atoms. The second-order valence-corrected chi connectivity index (χ2v) is 5.25. The van der Waals surface area contributed by atoms with Crippen molar-refractivity contribution in [3.8, 4) is 0 Å². The maximum absolute atomic E-state index is 11.3. The molecule has 0 saturated heterocycles. The lowest BCUT2D eigenvalue weighted by Gasteiger charge is -2.13. The number of aryl methyl sites for hydroxylation is 1. The quantitative estimate of drug-likeness (QED) is 0.432. The van der Waals surface area contributed by atoms with Gasteiger partial charge in [-0.2, -0.15) is 5.10 Å². The van der Waals surface area contributed by atoms with E-state index in [4.69, 9.17) is 11.1 Å². The van der Waals surface area contributed by atoms with Crippen molar-refractivity contribution in [3.63, 3.8) is 0 Å². The van der Waals surface area contributed by atoms with Gasteiger partial charge in [0.05, 0.1) is 11.3 Å². The van der Waals surface area contributed by atoms with E-state index >= 15 is 0 Å². The Kier molecular flexibility index (Phi) is 4.69. The largest absolute Gasteiger partial charge is 0.384 e. The van der Waals surface area contributed by atoms with Crippen LogP contribution < -0.4 is 11.3 Å². The first-order valence-electron chi connectivity index (χ1n) is 6.52. The smallest absolute Gasteiger partial charge is 0.251 e. The number of aromatic amines is 1. The third-order valence-electron chi connectivity index (χ3n) is 2.92. The average molecular weight is 304 g/mol. The first kappa shape index (κ1) is 15.2. The highest BCUT2D eigenvalue weighted by Crippen LogP contribution is 2.28. The highest BCUT2D eigenvalue weighted by molar-refractivity contribution is 7.99. The summed E-state index contributed by atoms with van der Waals surface area (Å²) in [6.07, 6.45) is 2.85. The summed E-state index contributed by atoms with van der Waals surface area (Å²) in [6, 6.07) is 1.33. The van der Waals surface area contributed by atoms with Crippen LogP contribution in [0.15, 0.2) is 27.2 Å². The molecule has 7 nitrogen and oxygen atoms in total. The van der Waals surface area contributed by atoms with E-state index in [1.807, 2.05) is 13.8 Å². The fourth-order valence-corrected chi connectivity index (χ4v) is 2.86. The maximum Gasteiger partial charge on any atom is 0.251 e. The SMILES string of the molecule is CCc1nnc(Sc2nccc(=O)[nH]2)c(C(=N)N)c1CC. The second kappa shape index (κ2) is 6.49. The van der Waals surface area contributed by atoms with Crippen LogP contribution in [0.1, 0.15) is 30.7 Å². The zero-order chi connectivity index (χ0) is 15.4. The van der Waals surface area contributed by atoms with E-state index in [-0.39, 0.29) is 11.4 Å². The number of nitrogens with two attached hydrogens (primary N) is 1. The molecule has 0 radical (unpaired) electrons. The Morgan fingerprint density at radius 2 is 2.14 bits per heavy atom. The summed E-state index contributed by atoms with van der Waals surface area (Å²) in [5.41, 5.74) is 7.79. The minimum Gasteiger partial charge on any atom is -0.384 e. The Balaban J connectivity index is 2.53. The fraction of sp³-hybridized carbons (Fsp3) is 0.308. The van der Waals surface area contributed by atoms with Crippen LogP contribution in [0.3, 0.4) is 0 Å². The molecule has 0 aliphatic rings. The van der Waals surface area contributed by atoms with E-state index in [9.17, 15) is 4.79 Å². The molecule has 2 heterocycles. The minimum absolute atomic E-state index is 0.0581. The van der Waals surface area contributed by atoms with Gasteiger partial charge < -0.3 is 10.7 Å². The Bertz CT molecular complexity index is 727. The van der Waals surface area contributed by atoms with E-state index in [1.54, 1.807) is 0 Å². The van der Waals surface area contributed by atoms with Gasteiger partial charge in [0.15, 0.2) is 5.16 Å². The summed E-state index contributed by atoms with van der Waals surface area (Å²) in [6.45, 7) is 3.97. The van der Waals surface area contributed by atoms with Gasteiger partial charge in [-0.15, -0.1) is 5.10 Å². The highest BCUT2D eigenvalue weighted by Gasteiger charge is 2.18. The summed E-state index contributed by atoms with van der Waals surface area (Å²) in [5, 5.41) is 17.0. The van der Waals surface area contributed by atoms with E-state index < -0.39 is 0 Å². The Hall–Kier alpha value is -2.22. The topological polar surface area (TPSA) is 121 Å². The lowest BCUT2D eigenvalue weighted by molar-refractivity contribution is 0.815. The Morgan fingerprint density at radius 1 is 1.38 bits per heavy atom. The van der Waals surface area contributed by atoms with Crippen LogP contribution in [0.2, 0.25) is 0 Å². The van der Waals surface area contributed by atoms with Crippen molar-refractivity contribution in [1.29, 1.82) is 5.41 Å². The van der Waals surface area contributed by atoms with E-state index in [0.717, 1.165) is 29.4 Å². The maximum atomic E-state index is 11.3. The molecule has 2 aromatic heterocycles. The standard InChI is InChI=1S/C13H16N6OS/c1-3-7-8(4-2)18-19-12(10(7)11(14)15)21-13-16-6-5-9(20)17-13/h5-6H,3-4H2,1-2H3,(H3,14,15)(H,16,17,20). The third kappa shape index (κ3) is 3.27. The van der Waals surface area contributed by atoms with Crippen LogP contribution in [0.25, 0.3) is 0 Å².